The van der Waals surface area contributed by atoms with Crippen molar-refractivity contribution in [3.05, 3.63) is 36.5 Å². The van der Waals surface area contributed by atoms with E-state index in [4.69, 9.17) is 14.2 Å². The summed E-state index contributed by atoms with van der Waals surface area (Å²) < 4.78 is 45.5. The van der Waals surface area contributed by atoms with Crippen LogP contribution in [0.25, 0.3) is 11.0 Å². The van der Waals surface area contributed by atoms with Crippen molar-refractivity contribution in [1.82, 2.24) is 19.6 Å². The fraction of sp³-hybridized carbons (Fsp3) is 0.650. The normalized spacial score (nSPS) is 30.0. The number of allylic oxidation sites excluding steroid dienone is 2. The number of hydrogen-bond donors (Lipinski definition) is 1. The first kappa shape index (κ1) is 39.6. The maximum Gasteiger partial charge on any atom is 0.307 e. The molecule has 1 saturated heterocycles. The van der Waals surface area contributed by atoms with Gasteiger partial charge in [-0.3, -0.25) is 23.9 Å². The maximum absolute atomic E-state index is 14.9. The number of rotatable bonds is 9. The molecule has 2 amide bonds. The van der Waals surface area contributed by atoms with E-state index >= 15 is 0 Å². The van der Waals surface area contributed by atoms with Crippen LogP contribution in [-0.4, -0.2) is 83.5 Å². The highest BCUT2D eigenvalue weighted by molar-refractivity contribution is 7.90. The Morgan fingerprint density at radius 2 is 1.85 bits per heavy atom. The van der Waals surface area contributed by atoms with Gasteiger partial charge in [-0.2, -0.15) is 0 Å². The molecule has 1 aromatic carbocycles. The molecule has 294 valence electrons. The minimum absolute atomic E-state index is 0.0441. The lowest BCUT2D eigenvalue weighted by Gasteiger charge is -2.33. The molecule has 3 heterocycles. The van der Waals surface area contributed by atoms with Crippen molar-refractivity contribution >= 4 is 44.6 Å². The Labute approximate surface area is 318 Å². The van der Waals surface area contributed by atoms with E-state index in [0.29, 0.717) is 48.9 Å². The summed E-state index contributed by atoms with van der Waals surface area (Å²) in [5.41, 5.74) is -0.816. The summed E-state index contributed by atoms with van der Waals surface area (Å²) in [4.78, 5) is 67.3. The molecule has 14 heteroatoms. The third-order valence-electron chi connectivity index (χ3n) is 11.3. The predicted octanol–water partition coefficient (Wildman–Crippen LogP) is 5.31. The molecule has 6 rings (SSSR count). The highest BCUT2D eigenvalue weighted by Gasteiger charge is 2.61. The highest BCUT2D eigenvalue weighted by atomic mass is 32.2. The Kier molecular flexibility index (Phi) is 11.4. The first-order valence-electron chi connectivity index (χ1n) is 19.3. The van der Waals surface area contributed by atoms with Gasteiger partial charge in [0, 0.05) is 18.9 Å². The Morgan fingerprint density at radius 1 is 1.09 bits per heavy atom. The Hall–Kier alpha value is -4.07. The van der Waals surface area contributed by atoms with E-state index in [2.05, 4.69) is 21.6 Å². The standard InChI is InChI=1S/C40H54N4O9S/c1-7-25-16-24(2)10-8-9-11-26-20-40(26,38(48)43-54(49,50)29-13-14-29)21-34(45)33-18-28(23-44(33)37(47)30(25)19-36(46)53-39(3,4)5)52-35-22-41-31-15-12-27(51-6)17-32(31)42-35/h9,11-12,15,17,22,24-26,28-30,33H,7-8,10,13-14,16,18-21,23H2,1-6H3,(H,43,48)/b11-9-/t24-,25-,26-,28-,30+,33+,40-/m1/s1. The molecule has 2 aliphatic heterocycles. The van der Waals surface area contributed by atoms with Gasteiger partial charge in [-0.15, -0.1) is 0 Å². The van der Waals surface area contributed by atoms with Gasteiger partial charge in [0.05, 0.1) is 59.9 Å². The maximum atomic E-state index is 14.9. The number of carbonyl (C=O) groups is 4. The van der Waals surface area contributed by atoms with Gasteiger partial charge in [0.1, 0.15) is 17.5 Å². The van der Waals surface area contributed by atoms with E-state index in [-0.39, 0.29) is 61.1 Å². The number of nitrogens with one attached hydrogen (secondary N) is 1. The Morgan fingerprint density at radius 3 is 2.54 bits per heavy atom. The van der Waals surface area contributed by atoms with Gasteiger partial charge in [-0.1, -0.05) is 32.4 Å². The molecule has 0 unspecified atom stereocenters. The summed E-state index contributed by atoms with van der Waals surface area (Å²) in [6, 6.07) is 4.32. The second-order valence-electron chi connectivity index (χ2n) is 16.7. The van der Waals surface area contributed by atoms with Crippen LogP contribution in [-0.2, 0) is 33.9 Å². The number of sulfonamides is 1. The highest BCUT2D eigenvalue weighted by Crippen LogP contribution is 2.57. The molecular formula is C40H54N4O9S. The molecule has 0 bridgehead atoms. The van der Waals surface area contributed by atoms with Crippen LogP contribution < -0.4 is 14.2 Å². The van der Waals surface area contributed by atoms with Gasteiger partial charge < -0.3 is 19.1 Å². The smallest absolute Gasteiger partial charge is 0.307 e. The summed E-state index contributed by atoms with van der Waals surface area (Å²) in [7, 11) is -2.30. The zero-order valence-corrected chi connectivity index (χ0v) is 33.0. The van der Waals surface area contributed by atoms with E-state index in [0.717, 1.165) is 12.8 Å². The zero-order valence-electron chi connectivity index (χ0n) is 32.2. The summed E-state index contributed by atoms with van der Waals surface area (Å²) in [5, 5.41) is -0.599. The van der Waals surface area contributed by atoms with Gasteiger partial charge in [0.2, 0.25) is 27.7 Å². The largest absolute Gasteiger partial charge is 0.497 e. The topological polar surface area (TPSA) is 171 Å². The molecule has 54 heavy (non-hydrogen) atoms. The number of hydrogen-bond acceptors (Lipinski definition) is 11. The molecule has 3 fully saturated rings. The van der Waals surface area contributed by atoms with Crippen molar-refractivity contribution in [3.63, 3.8) is 0 Å². The second-order valence-corrected chi connectivity index (χ2v) is 18.7. The molecule has 13 nitrogen and oxygen atoms in total. The van der Waals surface area contributed by atoms with Crippen LogP contribution in [0.4, 0.5) is 0 Å². The van der Waals surface area contributed by atoms with Crippen molar-refractivity contribution in [2.45, 2.75) is 122 Å². The minimum atomic E-state index is -3.85. The van der Waals surface area contributed by atoms with Gasteiger partial charge in [-0.05, 0) is 89.2 Å². The number of benzene rings is 1. The molecule has 4 aliphatic rings. The molecule has 2 aromatic rings. The van der Waals surface area contributed by atoms with Gasteiger partial charge >= 0.3 is 5.97 Å². The first-order valence-corrected chi connectivity index (χ1v) is 20.8. The van der Waals surface area contributed by atoms with Crippen LogP contribution >= 0.6 is 0 Å². The number of methoxy groups -OCH3 is 1. The first-order chi connectivity index (χ1) is 25.5. The number of fused-ring (bicyclic) bond motifs is 3. The van der Waals surface area contributed by atoms with Crippen molar-refractivity contribution in [2.24, 2.45) is 29.1 Å². The van der Waals surface area contributed by atoms with Crippen LogP contribution in [0.2, 0.25) is 0 Å². The van der Waals surface area contributed by atoms with E-state index in [1.165, 1.54) is 11.1 Å². The van der Waals surface area contributed by atoms with Gasteiger partial charge in [-0.25, -0.2) is 18.4 Å². The number of amides is 2. The van der Waals surface area contributed by atoms with Gasteiger partial charge in [0.15, 0.2) is 5.78 Å². The molecule has 0 radical (unpaired) electrons. The second kappa shape index (κ2) is 15.6. The fourth-order valence-electron chi connectivity index (χ4n) is 8.13. The molecule has 0 spiro atoms. The van der Waals surface area contributed by atoms with Crippen molar-refractivity contribution in [2.75, 3.05) is 13.7 Å². The molecule has 2 saturated carbocycles. The van der Waals surface area contributed by atoms with E-state index in [9.17, 15) is 27.6 Å². The monoisotopic (exact) mass is 766 g/mol. The predicted molar refractivity (Wildman–Crippen MR) is 201 cm³/mol. The van der Waals surface area contributed by atoms with Crippen molar-refractivity contribution in [3.8, 4) is 11.6 Å². The molecule has 7 atom stereocenters. The van der Waals surface area contributed by atoms with Crippen molar-refractivity contribution < 1.29 is 41.8 Å². The Balaban J connectivity index is 1.34. The lowest BCUT2D eigenvalue weighted by atomic mass is 9.79. The summed E-state index contributed by atoms with van der Waals surface area (Å²) in [5.74, 6) is -2.07. The SMILES string of the molecule is CC[C@@H]1C[C@H](C)CC/C=C\[C@@H]2C[C@@]2(C(=O)NS(=O)(=O)C2CC2)CC(=O)[C@@H]2C[C@@H](Oc3cnc4ccc(OC)cc4n3)CN2C(=O)[C@H]1CC(=O)OC(C)(C)C. The lowest BCUT2D eigenvalue weighted by Crippen LogP contribution is -2.48. The molecule has 1 N–H and O–H groups in total. The fourth-order valence-corrected chi connectivity index (χ4v) is 9.52. The number of nitrogens with zero attached hydrogens (tertiary/aromatic N) is 3. The number of aromatic nitrogens is 2. The summed E-state index contributed by atoms with van der Waals surface area (Å²) in [6.45, 7) is 9.54. The summed E-state index contributed by atoms with van der Waals surface area (Å²) in [6.07, 6.45) is 8.74. The van der Waals surface area contributed by atoms with E-state index in [1.54, 1.807) is 46.1 Å². The number of Topliss-reactive ketones (excluding diaryl/α,β-unsaturated/α-hetero) is 1. The van der Waals surface area contributed by atoms with Crippen LogP contribution in [0.3, 0.4) is 0 Å². The third kappa shape index (κ3) is 9.06. The minimum Gasteiger partial charge on any atom is -0.497 e. The van der Waals surface area contributed by atoms with Crippen LogP contribution in [0.5, 0.6) is 11.6 Å². The van der Waals surface area contributed by atoms with E-state index in [1.807, 2.05) is 19.1 Å². The number of ether oxygens (including phenoxy) is 3. The Bertz CT molecular complexity index is 1910. The number of esters is 1. The zero-order chi connectivity index (χ0) is 39.0. The van der Waals surface area contributed by atoms with Crippen LogP contribution in [0.1, 0.15) is 98.8 Å². The summed E-state index contributed by atoms with van der Waals surface area (Å²) >= 11 is 0. The average molecular weight is 767 g/mol. The van der Waals surface area contributed by atoms with Crippen LogP contribution in [0, 0.1) is 29.1 Å². The third-order valence-corrected chi connectivity index (χ3v) is 13.1. The molecule has 1 aromatic heterocycles. The average Bonchev–Trinajstić information content (AvgIpc) is 4.03. The number of ketones is 1. The van der Waals surface area contributed by atoms with E-state index < -0.39 is 56.2 Å². The molecular weight excluding hydrogens is 713 g/mol. The lowest BCUT2D eigenvalue weighted by molar-refractivity contribution is -0.160. The van der Waals surface area contributed by atoms with Crippen LogP contribution in [0.15, 0.2) is 36.5 Å². The van der Waals surface area contributed by atoms with Gasteiger partial charge in [0.25, 0.3) is 0 Å². The number of carbonyl (C=O) groups excluding carboxylic acids is 4. The quantitative estimate of drug-likeness (QED) is 0.259. The van der Waals surface area contributed by atoms with Crippen molar-refractivity contribution in [1.29, 1.82) is 0 Å². The molecule has 2 aliphatic carbocycles.